The molecule has 4 aromatic rings. The number of nitrogens with zero attached hydrogens (tertiary/aromatic N) is 1. The minimum atomic E-state index is -1.30. The highest BCUT2D eigenvalue weighted by atomic mass is 79.9. The summed E-state index contributed by atoms with van der Waals surface area (Å²) in [4.78, 5) is 45.5. The number of rotatable bonds is 4. The van der Waals surface area contributed by atoms with E-state index in [1.165, 1.54) is 0 Å². The zero-order valence-electron chi connectivity index (χ0n) is 20.8. The van der Waals surface area contributed by atoms with E-state index in [0.717, 1.165) is 21.3 Å². The number of carbonyl (C=O) groups is 3. The van der Waals surface area contributed by atoms with Gasteiger partial charge in [0, 0.05) is 27.0 Å². The lowest BCUT2D eigenvalue weighted by atomic mass is 9.64. The van der Waals surface area contributed by atoms with E-state index in [2.05, 4.69) is 21.2 Å². The standard InChI is InChI=1S/C33H23BrN2O3/c34-23-17-14-22(15-18-23)31(38)29-28(30(37)21-9-2-1-3-10-21)33(24-11-5-6-12-25(24)35-32(33)39)27-19-16-20-8-4-7-13-26(20)36(27)29/h1-19,27-29H,(H,35,39)/t27-,28+,29-,33+/m0/s1. The van der Waals surface area contributed by atoms with Gasteiger partial charge in [-0.15, -0.1) is 0 Å². The Hall–Kier alpha value is -4.29. The maximum absolute atomic E-state index is 14.6. The van der Waals surface area contributed by atoms with Gasteiger partial charge in [-0.05, 0) is 35.4 Å². The molecule has 3 aliphatic heterocycles. The van der Waals surface area contributed by atoms with Gasteiger partial charge in [0.25, 0.3) is 0 Å². The second-order valence-electron chi connectivity index (χ2n) is 10.2. The topological polar surface area (TPSA) is 66.5 Å². The van der Waals surface area contributed by atoms with Gasteiger partial charge in [-0.1, -0.05) is 107 Å². The van der Waals surface area contributed by atoms with Gasteiger partial charge in [0.2, 0.25) is 5.91 Å². The van der Waals surface area contributed by atoms with Crippen molar-refractivity contribution >= 4 is 50.9 Å². The Labute approximate surface area is 234 Å². The third-order valence-electron chi connectivity index (χ3n) is 8.28. The first-order chi connectivity index (χ1) is 19.0. The van der Waals surface area contributed by atoms with Crippen molar-refractivity contribution in [3.05, 3.63) is 136 Å². The summed E-state index contributed by atoms with van der Waals surface area (Å²) in [6.45, 7) is 0. The maximum atomic E-state index is 14.6. The fourth-order valence-electron chi connectivity index (χ4n) is 6.69. The predicted molar refractivity (Wildman–Crippen MR) is 155 cm³/mol. The van der Waals surface area contributed by atoms with Gasteiger partial charge in [-0.3, -0.25) is 14.4 Å². The number of nitrogens with one attached hydrogen (secondary N) is 1. The van der Waals surface area contributed by atoms with Crippen LogP contribution in [-0.4, -0.2) is 29.6 Å². The molecule has 0 unspecified atom stereocenters. The second kappa shape index (κ2) is 8.89. The van der Waals surface area contributed by atoms with Crippen LogP contribution in [0.2, 0.25) is 0 Å². The fraction of sp³-hybridized carbons (Fsp3) is 0.121. The molecule has 39 heavy (non-hydrogen) atoms. The second-order valence-corrected chi connectivity index (χ2v) is 11.1. The van der Waals surface area contributed by atoms with Gasteiger partial charge in [0.1, 0.15) is 11.5 Å². The molecular weight excluding hydrogens is 552 g/mol. The molecule has 0 aliphatic carbocycles. The Morgan fingerprint density at radius 3 is 2.23 bits per heavy atom. The van der Waals surface area contributed by atoms with Crippen molar-refractivity contribution in [2.45, 2.75) is 17.5 Å². The minimum absolute atomic E-state index is 0.194. The molecule has 3 heterocycles. The lowest BCUT2D eigenvalue weighted by molar-refractivity contribution is -0.121. The largest absolute Gasteiger partial charge is 0.352 e. The van der Waals surface area contributed by atoms with Gasteiger partial charge in [-0.2, -0.15) is 0 Å². The summed E-state index contributed by atoms with van der Waals surface area (Å²) in [6, 6.07) is 30.1. The van der Waals surface area contributed by atoms with Crippen molar-refractivity contribution < 1.29 is 14.4 Å². The highest BCUT2D eigenvalue weighted by Gasteiger charge is 2.70. The van der Waals surface area contributed by atoms with Crippen molar-refractivity contribution in [3.63, 3.8) is 0 Å². The zero-order valence-corrected chi connectivity index (χ0v) is 22.3. The summed E-state index contributed by atoms with van der Waals surface area (Å²) >= 11 is 3.46. The molecule has 0 radical (unpaired) electrons. The monoisotopic (exact) mass is 574 g/mol. The van der Waals surface area contributed by atoms with Gasteiger partial charge in [0.05, 0.1) is 12.0 Å². The van der Waals surface area contributed by atoms with E-state index < -0.39 is 23.4 Å². The van der Waals surface area contributed by atoms with Crippen molar-refractivity contribution in [1.82, 2.24) is 0 Å². The quantitative estimate of drug-likeness (QED) is 0.290. The highest BCUT2D eigenvalue weighted by molar-refractivity contribution is 9.10. The van der Waals surface area contributed by atoms with Crippen LogP contribution in [0.15, 0.2) is 114 Å². The Morgan fingerprint density at radius 2 is 1.44 bits per heavy atom. The summed E-state index contributed by atoms with van der Waals surface area (Å²) in [6.07, 6.45) is 3.99. The number of benzene rings is 4. The number of hydrogen-bond acceptors (Lipinski definition) is 4. The van der Waals surface area contributed by atoms with E-state index in [-0.39, 0.29) is 17.5 Å². The van der Waals surface area contributed by atoms with E-state index in [0.29, 0.717) is 16.8 Å². The molecule has 1 saturated heterocycles. The van der Waals surface area contributed by atoms with Crippen LogP contribution in [0.4, 0.5) is 11.4 Å². The van der Waals surface area contributed by atoms with Crippen molar-refractivity contribution in [2.75, 3.05) is 10.2 Å². The number of carbonyl (C=O) groups excluding carboxylic acids is 3. The molecule has 7 rings (SSSR count). The van der Waals surface area contributed by atoms with Crippen LogP contribution in [0.1, 0.15) is 31.8 Å². The van der Waals surface area contributed by atoms with Crippen molar-refractivity contribution in [2.24, 2.45) is 5.92 Å². The van der Waals surface area contributed by atoms with E-state index in [9.17, 15) is 14.4 Å². The Kier molecular flexibility index (Phi) is 5.42. The third kappa shape index (κ3) is 3.34. The van der Waals surface area contributed by atoms with Crippen LogP contribution < -0.4 is 10.2 Å². The maximum Gasteiger partial charge on any atom is 0.238 e. The Balaban J connectivity index is 1.54. The molecule has 4 atom stereocenters. The first-order valence-corrected chi connectivity index (χ1v) is 13.7. The average Bonchev–Trinajstić information content (AvgIpc) is 3.45. The molecule has 3 aliphatic rings. The molecule has 0 aromatic heterocycles. The van der Waals surface area contributed by atoms with Gasteiger partial charge < -0.3 is 10.2 Å². The number of amides is 1. The Morgan fingerprint density at radius 1 is 0.769 bits per heavy atom. The molecule has 0 saturated carbocycles. The third-order valence-corrected chi connectivity index (χ3v) is 8.81. The molecule has 6 heteroatoms. The number of Topliss-reactive ketones (excluding diaryl/α,β-unsaturated/α-hetero) is 2. The number of ketones is 2. The first kappa shape index (κ1) is 23.8. The predicted octanol–water partition coefficient (Wildman–Crippen LogP) is 6.31. The SMILES string of the molecule is O=C(c1ccc(Br)cc1)[C@@H]1[C@H](C(=O)c2ccccc2)[C@]2(C(=O)Nc3ccccc32)[C@@H]2C=Cc3ccccc3N12. The first-order valence-electron chi connectivity index (χ1n) is 12.9. The van der Waals surface area contributed by atoms with Crippen molar-refractivity contribution in [3.8, 4) is 0 Å². The fourth-order valence-corrected chi connectivity index (χ4v) is 6.95. The molecule has 1 amide bonds. The molecule has 4 aromatic carbocycles. The van der Waals surface area contributed by atoms with Crippen LogP contribution in [0.25, 0.3) is 6.08 Å². The summed E-state index contributed by atoms with van der Waals surface area (Å²) in [5.41, 5.74) is 2.86. The molecule has 190 valence electrons. The summed E-state index contributed by atoms with van der Waals surface area (Å²) in [5, 5.41) is 3.06. The van der Waals surface area contributed by atoms with Gasteiger partial charge in [0.15, 0.2) is 11.6 Å². The normalized spacial score (nSPS) is 24.2. The molecule has 1 fully saturated rings. The summed E-state index contributed by atoms with van der Waals surface area (Å²) in [7, 11) is 0. The van der Waals surface area contributed by atoms with Crippen molar-refractivity contribution in [1.29, 1.82) is 0 Å². The number of hydrogen-bond donors (Lipinski definition) is 1. The molecule has 1 spiro atoms. The van der Waals surface area contributed by atoms with E-state index in [4.69, 9.17) is 0 Å². The van der Waals surface area contributed by atoms with Crippen LogP contribution in [0.5, 0.6) is 0 Å². The number of para-hydroxylation sites is 2. The highest BCUT2D eigenvalue weighted by Crippen LogP contribution is 2.58. The number of anilines is 2. The van der Waals surface area contributed by atoms with Crippen LogP contribution >= 0.6 is 15.9 Å². The molecule has 0 bridgehead atoms. The average molecular weight is 575 g/mol. The number of fused-ring (bicyclic) bond motifs is 6. The summed E-state index contributed by atoms with van der Waals surface area (Å²) in [5.74, 6) is -1.65. The van der Waals surface area contributed by atoms with E-state index in [1.807, 2.05) is 95.9 Å². The lowest BCUT2D eigenvalue weighted by Crippen LogP contribution is -2.51. The van der Waals surface area contributed by atoms with E-state index in [1.54, 1.807) is 24.3 Å². The van der Waals surface area contributed by atoms with Crippen LogP contribution in [0, 0.1) is 5.92 Å². The Bertz CT molecular complexity index is 1680. The number of halogens is 1. The smallest absolute Gasteiger partial charge is 0.238 e. The molecule has 5 nitrogen and oxygen atoms in total. The zero-order chi connectivity index (χ0) is 26.7. The van der Waals surface area contributed by atoms with Gasteiger partial charge >= 0.3 is 0 Å². The van der Waals surface area contributed by atoms with Gasteiger partial charge in [-0.25, -0.2) is 0 Å². The molecular formula is C33H23BrN2O3. The lowest BCUT2D eigenvalue weighted by Gasteiger charge is -2.37. The molecule has 1 N–H and O–H groups in total. The van der Waals surface area contributed by atoms with Crippen LogP contribution in [0.3, 0.4) is 0 Å². The summed E-state index contributed by atoms with van der Waals surface area (Å²) < 4.78 is 0.854. The van der Waals surface area contributed by atoms with Crippen LogP contribution in [-0.2, 0) is 10.2 Å². The minimum Gasteiger partial charge on any atom is -0.352 e. The van der Waals surface area contributed by atoms with E-state index >= 15 is 0 Å².